The van der Waals surface area contributed by atoms with Crippen LogP contribution in [0.15, 0.2) is 60.8 Å². The second-order valence-corrected chi connectivity index (χ2v) is 12.1. The van der Waals surface area contributed by atoms with Gasteiger partial charge in [0.05, 0.1) is 11.4 Å². The standard InChI is InChI=1S/C32H43N7O2/c1-32(2,22-37(3)4)23-38-17-19-39(20-18-38)25-13-11-24(12-14-25)34-31-33-16-15-28(36-31)26-8-5-6-9-27(26)35-30(40)29-10-7-21-41-29/h5-6,8-9,11-16,29H,7,10,17-23H2,1-4H3,(H,35,40)(H,33,34,36). The average molecular weight is 558 g/mol. The Labute approximate surface area is 243 Å². The number of piperazine rings is 1. The fourth-order valence-corrected chi connectivity index (χ4v) is 5.94. The number of nitrogens with zero attached hydrogens (tertiary/aromatic N) is 5. The second-order valence-electron chi connectivity index (χ2n) is 12.1. The number of para-hydroxylation sites is 1. The van der Waals surface area contributed by atoms with E-state index >= 15 is 0 Å². The van der Waals surface area contributed by atoms with Crippen LogP contribution in [0.3, 0.4) is 0 Å². The van der Waals surface area contributed by atoms with E-state index in [0.29, 0.717) is 18.2 Å². The zero-order valence-corrected chi connectivity index (χ0v) is 24.8. The van der Waals surface area contributed by atoms with Crippen LogP contribution in [0.25, 0.3) is 11.3 Å². The highest BCUT2D eigenvalue weighted by molar-refractivity contribution is 5.97. The Morgan fingerprint density at radius 1 is 1.05 bits per heavy atom. The van der Waals surface area contributed by atoms with E-state index in [1.54, 1.807) is 6.20 Å². The van der Waals surface area contributed by atoms with Gasteiger partial charge in [-0.05, 0) is 68.8 Å². The minimum atomic E-state index is -0.391. The van der Waals surface area contributed by atoms with Gasteiger partial charge < -0.3 is 25.2 Å². The summed E-state index contributed by atoms with van der Waals surface area (Å²) >= 11 is 0. The Balaban J connectivity index is 1.19. The molecule has 1 amide bonds. The van der Waals surface area contributed by atoms with Gasteiger partial charge in [0, 0.05) is 69.0 Å². The highest BCUT2D eigenvalue weighted by atomic mass is 16.5. The van der Waals surface area contributed by atoms with E-state index in [1.165, 1.54) is 5.69 Å². The molecular formula is C32H43N7O2. The lowest BCUT2D eigenvalue weighted by Crippen LogP contribution is -2.50. The van der Waals surface area contributed by atoms with Gasteiger partial charge in [0.1, 0.15) is 6.10 Å². The first-order valence-corrected chi connectivity index (χ1v) is 14.6. The van der Waals surface area contributed by atoms with Crippen LogP contribution in [0, 0.1) is 5.41 Å². The van der Waals surface area contributed by atoms with Crippen LogP contribution in [0.1, 0.15) is 26.7 Å². The first-order valence-electron chi connectivity index (χ1n) is 14.6. The van der Waals surface area contributed by atoms with Gasteiger partial charge in [0.25, 0.3) is 5.91 Å². The molecule has 0 bridgehead atoms. The monoisotopic (exact) mass is 557 g/mol. The number of amides is 1. The van der Waals surface area contributed by atoms with E-state index in [1.807, 2.05) is 30.3 Å². The van der Waals surface area contributed by atoms with Gasteiger partial charge in [0.2, 0.25) is 5.95 Å². The van der Waals surface area contributed by atoms with Crippen molar-refractivity contribution in [3.63, 3.8) is 0 Å². The van der Waals surface area contributed by atoms with Crippen molar-refractivity contribution in [2.75, 3.05) is 75.5 Å². The van der Waals surface area contributed by atoms with Crippen LogP contribution in [-0.4, -0.2) is 91.7 Å². The highest BCUT2D eigenvalue weighted by Crippen LogP contribution is 2.29. The zero-order valence-electron chi connectivity index (χ0n) is 24.8. The smallest absolute Gasteiger partial charge is 0.253 e. The van der Waals surface area contributed by atoms with Crippen molar-refractivity contribution in [1.82, 2.24) is 19.8 Å². The maximum Gasteiger partial charge on any atom is 0.253 e. The number of benzene rings is 2. The Kier molecular flexibility index (Phi) is 9.17. The quantitative estimate of drug-likeness (QED) is 0.371. The number of ether oxygens (including phenoxy) is 1. The van der Waals surface area contributed by atoms with Crippen molar-refractivity contribution in [3.05, 3.63) is 60.8 Å². The Hall–Kier alpha value is -3.53. The molecule has 9 nitrogen and oxygen atoms in total. The molecule has 2 aromatic carbocycles. The molecule has 41 heavy (non-hydrogen) atoms. The van der Waals surface area contributed by atoms with Crippen LogP contribution in [0.2, 0.25) is 0 Å². The molecule has 0 radical (unpaired) electrons. The summed E-state index contributed by atoms with van der Waals surface area (Å²) in [4.78, 5) is 29.2. The van der Waals surface area contributed by atoms with Crippen LogP contribution >= 0.6 is 0 Å². The highest BCUT2D eigenvalue weighted by Gasteiger charge is 2.26. The zero-order chi connectivity index (χ0) is 28.8. The summed E-state index contributed by atoms with van der Waals surface area (Å²) in [5.74, 6) is 0.390. The van der Waals surface area contributed by atoms with Gasteiger partial charge >= 0.3 is 0 Å². The number of carbonyl (C=O) groups excluding carboxylic acids is 1. The number of nitrogens with one attached hydrogen (secondary N) is 2. The van der Waals surface area contributed by atoms with Gasteiger partial charge in [0.15, 0.2) is 0 Å². The lowest BCUT2D eigenvalue weighted by molar-refractivity contribution is -0.124. The van der Waals surface area contributed by atoms with E-state index in [-0.39, 0.29) is 11.3 Å². The average Bonchev–Trinajstić information content (AvgIpc) is 3.49. The molecule has 0 spiro atoms. The van der Waals surface area contributed by atoms with Crippen molar-refractivity contribution in [2.24, 2.45) is 5.41 Å². The van der Waals surface area contributed by atoms with Crippen LogP contribution in [0.5, 0.6) is 0 Å². The van der Waals surface area contributed by atoms with Gasteiger partial charge in [-0.3, -0.25) is 9.69 Å². The van der Waals surface area contributed by atoms with Crippen molar-refractivity contribution >= 4 is 28.9 Å². The Morgan fingerprint density at radius 2 is 1.80 bits per heavy atom. The van der Waals surface area contributed by atoms with Crippen molar-refractivity contribution in [2.45, 2.75) is 32.8 Å². The summed E-state index contributed by atoms with van der Waals surface area (Å²) in [6.45, 7) is 11.8. The maximum absolute atomic E-state index is 12.7. The van der Waals surface area contributed by atoms with Crippen LogP contribution < -0.4 is 15.5 Å². The Morgan fingerprint density at radius 3 is 2.51 bits per heavy atom. The molecule has 0 aliphatic carbocycles. The molecule has 3 aromatic rings. The molecule has 1 atom stereocenters. The third kappa shape index (κ3) is 7.81. The molecule has 1 unspecified atom stereocenters. The van der Waals surface area contributed by atoms with Gasteiger partial charge in [-0.1, -0.05) is 32.0 Å². The van der Waals surface area contributed by atoms with Crippen molar-refractivity contribution in [1.29, 1.82) is 0 Å². The minimum Gasteiger partial charge on any atom is -0.369 e. The summed E-state index contributed by atoms with van der Waals surface area (Å²) in [5, 5.41) is 6.36. The summed E-state index contributed by atoms with van der Waals surface area (Å²) in [5.41, 5.74) is 4.71. The van der Waals surface area contributed by atoms with E-state index in [9.17, 15) is 4.79 Å². The van der Waals surface area contributed by atoms with E-state index in [4.69, 9.17) is 9.72 Å². The summed E-state index contributed by atoms with van der Waals surface area (Å²) in [7, 11) is 4.30. The molecule has 0 saturated carbocycles. The number of carbonyl (C=O) groups is 1. The molecule has 5 rings (SSSR count). The van der Waals surface area contributed by atoms with Gasteiger partial charge in [-0.25, -0.2) is 9.97 Å². The summed E-state index contributed by atoms with van der Waals surface area (Å²) in [6.07, 6.45) is 3.00. The van der Waals surface area contributed by atoms with E-state index in [2.05, 4.69) is 82.5 Å². The molecule has 1 aromatic heterocycles. The molecule has 2 N–H and O–H groups in total. The van der Waals surface area contributed by atoms with Gasteiger partial charge in [-0.15, -0.1) is 0 Å². The molecule has 218 valence electrons. The van der Waals surface area contributed by atoms with E-state index < -0.39 is 6.10 Å². The predicted molar refractivity (Wildman–Crippen MR) is 166 cm³/mol. The van der Waals surface area contributed by atoms with Crippen molar-refractivity contribution < 1.29 is 9.53 Å². The number of anilines is 4. The van der Waals surface area contributed by atoms with Gasteiger partial charge in [-0.2, -0.15) is 0 Å². The SMILES string of the molecule is CN(C)CC(C)(C)CN1CCN(c2ccc(Nc3nccc(-c4ccccc4NC(=O)C4CCCO4)n3)cc2)CC1. The van der Waals surface area contributed by atoms with Crippen LogP contribution in [-0.2, 0) is 9.53 Å². The molecule has 9 heteroatoms. The maximum atomic E-state index is 12.7. The fraction of sp³-hybridized carbons (Fsp3) is 0.469. The number of aromatic nitrogens is 2. The van der Waals surface area contributed by atoms with Crippen molar-refractivity contribution in [3.8, 4) is 11.3 Å². The molecule has 2 aliphatic heterocycles. The van der Waals surface area contributed by atoms with E-state index in [0.717, 1.165) is 69.1 Å². The third-order valence-electron chi connectivity index (χ3n) is 7.60. The lowest BCUT2D eigenvalue weighted by atomic mass is 9.92. The normalized spacial score (nSPS) is 18.1. The third-order valence-corrected chi connectivity index (χ3v) is 7.60. The second kappa shape index (κ2) is 13.0. The summed E-state index contributed by atoms with van der Waals surface area (Å²) in [6, 6.07) is 18.0. The lowest BCUT2D eigenvalue weighted by Gasteiger charge is -2.40. The Bertz CT molecular complexity index is 1300. The first kappa shape index (κ1) is 29.0. The molecule has 3 heterocycles. The number of hydrogen-bond donors (Lipinski definition) is 2. The molecule has 2 aliphatic rings. The largest absolute Gasteiger partial charge is 0.369 e. The molecular weight excluding hydrogens is 514 g/mol. The number of rotatable bonds is 10. The topological polar surface area (TPSA) is 85.9 Å². The number of hydrogen-bond acceptors (Lipinski definition) is 8. The predicted octanol–water partition coefficient (Wildman–Crippen LogP) is 4.71. The summed E-state index contributed by atoms with van der Waals surface area (Å²) < 4.78 is 5.54. The minimum absolute atomic E-state index is 0.114. The molecule has 2 fully saturated rings. The molecule has 2 saturated heterocycles. The first-order chi connectivity index (χ1) is 19.8. The van der Waals surface area contributed by atoms with Crippen LogP contribution in [0.4, 0.5) is 23.0 Å². The fourth-order valence-electron chi connectivity index (χ4n) is 5.94.